The van der Waals surface area contributed by atoms with Gasteiger partial charge in [0.15, 0.2) is 0 Å². The van der Waals surface area contributed by atoms with Crippen LogP contribution in [0.25, 0.3) is 6.08 Å². The Morgan fingerprint density at radius 1 is 1.04 bits per heavy atom. The second-order valence-electron chi connectivity index (χ2n) is 6.30. The van der Waals surface area contributed by atoms with Gasteiger partial charge in [-0.15, -0.1) is 0 Å². The molecule has 1 fully saturated rings. The smallest absolute Gasteiger partial charge is 0.246 e. The molecule has 1 heterocycles. The highest BCUT2D eigenvalue weighted by Gasteiger charge is 2.19. The molecular weight excluding hydrogens is 335 g/mol. The van der Waals surface area contributed by atoms with Gasteiger partial charge in [-0.3, -0.25) is 9.69 Å². The molecule has 0 unspecified atom stereocenters. The first-order valence-corrected chi connectivity index (χ1v) is 8.47. The maximum Gasteiger partial charge on any atom is 0.246 e. The molecule has 0 atom stereocenters. The van der Waals surface area contributed by atoms with Crippen LogP contribution < -0.4 is 0 Å². The van der Waals surface area contributed by atoms with Crippen molar-refractivity contribution < 1.29 is 19.4 Å². The number of carbonyl (C=O) groups is 1. The molecule has 0 spiro atoms. The number of piperazine rings is 1. The number of nitrogens with zero attached hydrogens (tertiary/aromatic N) is 2. The maximum atomic E-state index is 13.0. The van der Waals surface area contributed by atoms with Crippen molar-refractivity contribution in [2.24, 2.45) is 0 Å². The Morgan fingerprint density at radius 3 is 2.38 bits per heavy atom. The van der Waals surface area contributed by atoms with E-state index in [9.17, 15) is 19.4 Å². The lowest BCUT2D eigenvalue weighted by molar-refractivity contribution is -0.127. The first-order chi connectivity index (χ1) is 12.5. The van der Waals surface area contributed by atoms with E-state index >= 15 is 0 Å². The summed E-state index contributed by atoms with van der Waals surface area (Å²) in [7, 11) is 0. The molecule has 26 heavy (non-hydrogen) atoms. The molecule has 1 amide bonds. The minimum Gasteiger partial charge on any atom is -0.508 e. The number of hydrogen-bond acceptors (Lipinski definition) is 4. The number of carbonyl (C=O) groups excluding carboxylic acids is 1. The molecule has 0 aromatic heterocycles. The van der Waals surface area contributed by atoms with Crippen LogP contribution in [-0.2, 0) is 11.3 Å². The van der Waals surface area contributed by atoms with E-state index in [0.29, 0.717) is 18.7 Å². The number of rotatable bonds is 4. The van der Waals surface area contributed by atoms with Crippen molar-refractivity contribution >= 4 is 12.0 Å². The molecule has 2 aromatic carbocycles. The summed E-state index contributed by atoms with van der Waals surface area (Å²) in [5.74, 6) is -0.448. The van der Waals surface area contributed by atoms with E-state index in [1.165, 1.54) is 30.3 Å². The SMILES string of the molecule is O=C(/C=C/c1ccc(O)cc1O)N1CCN(Cc2ccc(F)cc2)CC1. The van der Waals surface area contributed by atoms with E-state index in [4.69, 9.17) is 0 Å². The summed E-state index contributed by atoms with van der Waals surface area (Å²) >= 11 is 0. The Morgan fingerprint density at radius 2 is 1.73 bits per heavy atom. The summed E-state index contributed by atoms with van der Waals surface area (Å²) in [6.45, 7) is 3.47. The molecule has 0 saturated carbocycles. The molecular formula is C20H21FN2O3. The third-order valence-corrected chi connectivity index (χ3v) is 4.42. The minimum atomic E-state index is -0.240. The van der Waals surface area contributed by atoms with Crippen molar-refractivity contribution in [1.82, 2.24) is 9.80 Å². The number of phenols is 2. The minimum absolute atomic E-state index is 0.0248. The summed E-state index contributed by atoms with van der Waals surface area (Å²) in [4.78, 5) is 16.3. The maximum absolute atomic E-state index is 13.0. The van der Waals surface area contributed by atoms with Crippen LogP contribution in [0, 0.1) is 5.82 Å². The molecule has 1 aliphatic rings. The predicted molar refractivity (Wildman–Crippen MR) is 97.1 cm³/mol. The molecule has 1 aliphatic heterocycles. The quantitative estimate of drug-likeness (QED) is 0.827. The zero-order valence-corrected chi connectivity index (χ0v) is 14.3. The fourth-order valence-corrected chi connectivity index (χ4v) is 2.91. The highest BCUT2D eigenvalue weighted by molar-refractivity contribution is 5.92. The average molecular weight is 356 g/mol. The van der Waals surface area contributed by atoms with Crippen LogP contribution >= 0.6 is 0 Å². The average Bonchev–Trinajstić information content (AvgIpc) is 2.63. The lowest BCUT2D eigenvalue weighted by atomic mass is 10.1. The number of hydrogen-bond donors (Lipinski definition) is 2. The molecule has 0 aliphatic carbocycles. The fraction of sp³-hybridized carbons (Fsp3) is 0.250. The Balaban J connectivity index is 1.51. The topological polar surface area (TPSA) is 64.0 Å². The number of amides is 1. The third kappa shape index (κ3) is 4.61. The lowest BCUT2D eigenvalue weighted by Gasteiger charge is -2.34. The van der Waals surface area contributed by atoms with Crippen molar-refractivity contribution in [3.05, 3.63) is 65.5 Å². The first-order valence-electron chi connectivity index (χ1n) is 8.47. The zero-order chi connectivity index (χ0) is 18.5. The second kappa shape index (κ2) is 8.01. The van der Waals surface area contributed by atoms with Crippen LogP contribution in [0.2, 0.25) is 0 Å². The Kier molecular flexibility index (Phi) is 5.53. The van der Waals surface area contributed by atoms with E-state index in [-0.39, 0.29) is 23.2 Å². The van der Waals surface area contributed by atoms with Gasteiger partial charge in [0, 0.05) is 50.4 Å². The van der Waals surface area contributed by atoms with Crippen molar-refractivity contribution in [3.8, 4) is 11.5 Å². The summed E-state index contributed by atoms with van der Waals surface area (Å²) in [6.07, 6.45) is 2.98. The Bertz CT molecular complexity index is 797. The summed E-state index contributed by atoms with van der Waals surface area (Å²) in [5, 5.41) is 19.0. The van der Waals surface area contributed by atoms with Crippen LogP contribution in [0.5, 0.6) is 11.5 Å². The fourth-order valence-electron chi connectivity index (χ4n) is 2.91. The number of aromatic hydroxyl groups is 2. The molecule has 136 valence electrons. The van der Waals surface area contributed by atoms with Crippen LogP contribution in [0.15, 0.2) is 48.5 Å². The van der Waals surface area contributed by atoms with Gasteiger partial charge < -0.3 is 15.1 Å². The largest absolute Gasteiger partial charge is 0.508 e. The van der Waals surface area contributed by atoms with Gasteiger partial charge in [0.1, 0.15) is 17.3 Å². The van der Waals surface area contributed by atoms with Gasteiger partial charge >= 0.3 is 0 Å². The molecule has 3 rings (SSSR count). The van der Waals surface area contributed by atoms with Gasteiger partial charge in [-0.1, -0.05) is 12.1 Å². The lowest BCUT2D eigenvalue weighted by Crippen LogP contribution is -2.47. The van der Waals surface area contributed by atoms with E-state index in [1.807, 2.05) is 0 Å². The first kappa shape index (κ1) is 17.9. The van der Waals surface area contributed by atoms with E-state index in [2.05, 4.69) is 4.90 Å². The standard InChI is InChI=1S/C20H21FN2O3/c21-17-5-1-15(2-6-17)14-22-9-11-23(12-10-22)20(26)8-4-16-3-7-18(24)13-19(16)25/h1-8,13,24-25H,9-12,14H2/b8-4+. The number of phenolic OH excluding ortho intramolecular Hbond substituents is 2. The number of halogens is 1. The van der Waals surface area contributed by atoms with Crippen molar-refractivity contribution in [3.63, 3.8) is 0 Å². The van der Waals surface area contributed by atoms with Crippen LogP contribution in [0.3, 0.4) is 0 Å². The molecule has 0 radical (unpaired) electrons. The molecule has 6 heteroatoms. The van der Waals surface area contributed by atoms with Crippen LogP contribution in [0.1, 0.15) is 11.1 Å². The summed E-state index contributed by atoms with van der Waals surface area (Å²) in [5.41, 5.74) is 1.53. The highest BCUT2D eigenvalue weighted by atomic mass is 19.1. The van der Waals surface area contributed by atoms with Crippen molar-refractivity contribution in [2.75, 3.05) is 26.2 Å². The second-order valence-corrected chi connectivity index (χ2v) is 6.30. The normalized spacial score (nSPS) is 15.5. The Labute approximate surface area is 151 Å². The van der Waals surface area contributed by atoms with Crippen LogP contribution in [-0.4, -0.2) is 52.1 Å². The zero-order valence-electron chi connectivity index (χ0n) is 14.3. The molecule has 2 aromatic rings. The molecule has 1 saturated heterocycles. The van der Waals surface area contributed by atoms with Gasteiger partial charge in [0.2, 0.25) is 5.91 Å². The van der Waals surface area contributed by atoms with Gasteiger partial charge in [0.25, 0.3) is 0 Å². The van der Waals surface area contributed by atoms with E-state index < -0.39 is 0 Å². The molecule has 2 N–H and O–H groups in total. The van der Waals surface area contributed by atoms with E-state index in [0.717, 1.165) is 25.2 Å². The highest BCUT2D eigenvalue weighted by Crippen LogP contribution is 2.23. The third-order valence-electron chi connectivity index (χ3n) is 4.42. The van der Waals surface area contributed by atoms with Crippen LogP contribution in [0.4, 0.5) is 4.39 Å². The summed E-state index contributed by atoms with van der Waals surface area (Å²) in [6, 6.07) is 10.7. The van der Waals surface area contributed by atoms with Gasteiger partial charge in [-0.25, -0.2) is 4.39 Å². The van der Waals surface area contributed by atoms with Gasteiger partial charge in [-0.05, 0) is 35.9 Å². The molecule has 0 bridgehead atoms. The predicted octanol–water partition coefficient (Wildman–Crippen LogP) is 2.59. The van der Waals surface area contributed by atoms with Crippen molar-refractivity contribution in [1.29, 1.82) is 0 Å². The Hall–Kier alpha value is -2.86. The monoisotopic (exact) mass is 356 g/mol. The van der Waals surface area contributed by atoms with E-state index in [1.54, 1.807) is 29.2 Å². The van der Waals surface area contributed by atoms with Gasteiger partial charge in [0.05, 0.1) is 0 Å². The summed E-state index contributed by atoms with van der Waals surface area (Å²) < 4.78 is 13.0. The number of benzene rings is 2. The molecule has 5 nitrogen and oxygen atoms in total. The van der Waals surface area contributed by atoms with Crippen molar-refractivity contribution in [2.45, 2.75) is 6.54 Å². The van der Waals surface area contributed by atoms with Gasteiger partial charge in [-0.2, -0.15) is 0 Å².